The zero-order chi connectivity index (χ0) is 22.5. The number of alkyl halides is 3. The van der Waals surface area contributed by atoms with Crippen LogP contribution in [0.1, 0.15) is 38.2 Å². The van der Waals surface area contributed by atoms with E-state index in [0.29, 0.717) is 6.42 Å². The largest absolute Gasteiger partial charge is 0.445 e. The minimum absolute atomic E-state index is 0.0171. The van der Waals surface area contributed by atoms with Crippen molar-refractivity contribution in [2.75, 3.05) is 13.2 Å². The first kappa shape index (κ1) is 25.5. The highest BCUT2D eigenvalue weighted by Crippen LogP contribution is 2.29. The van der Waals surface area contributed by atoms with Gasteiger partial charge in [-0.1, -0.05) is 52.5 Å². The molecule has 1 aliphatic heterocycles. The van der Waals surface area contributed by atoms with Crippen molar-refractivity contribution in [3.8, 4) is 0 Å². The minimum Gasteiger partial charge on any atom is -0.445 e. The highest BCUT2D eigenvalue weighted by molar-refractivity contribution is 7.86. The maximum Gasteiger partial charge on any atom is 0.410 e. The van der Waals surface area contributed by atoms with Crippen molar-refractivity contribution in [3.05, 3.63) is 29.8 Å². The van der Waals surface area contributed by atoms with E-state index >= 15 is 0 Å². The molecular formula is C19H26Cl3NO6S. The summed E-state index contributed by atoms with van der Waals surface area (Å²) in [6.07, 6.45) is 0.664. The standard InChI is InChI=1S/C19H26Cl3NO6S/c1-13-6-8-17(9-7-13)30(26,27)29-11-16(24)10-15-5-3-4-14(2)23(15)18(25)28-12-19(20,21)22/h6-9,14-16,24H,3-5,10-12H2,1-2H3/t14-,15+,16-/m1/s1. The summed E-state index contributed by atoms with van der Waals surface area (Å²) in [5.74, 6) is 0. The van der Waals surface area contributed by atoms with E-state index in [4.69, 9.17) is 43.7 Å². The summed E-state index contributed by atoms with van der Waals surface area (Å²) in [5.41, 5.74) is 0.919. The Hall–Kier alpha value is -0.770. The lowest BCUT2D eigenvalue weighted by atomic mass is 9.93. The van der Waals surface area contributed by atoms with Crippen LogP contribution in [-0.4, -0.2) is 59.7 Å². The van der Waals surface area contributed by atoms with Crippen molar-refractivity contribution in [1.29, 1.82) is 0 Å². The van der Waals surface area contributed by atoms with E-state index in [1.807, 2.05) is 13.8 Å². The molecule has 170 valence electrons. The number of ether oxygens (including phenoxy) is 1. The van der Waals surface area contributed by atoms with Gasteiger partial charge in [0.2, 0.25) is 3.79 Å². The Labute approximate surface area is 192 Å². The Bertz CT molecular complexity index is 813. The molecule has 0 radical (unpaired) electrons. The molecule has 30 heavy (non-hydrogen) atoms. The van der Waals surface area contributed by atoms with Crippen LogP contribution in [0.15, 0.2) is 29.2 Å². The molecule has 0 aromatic heterocycles. The maximum atomic E-state index is 12.5. The first-order chi connectivity index (χ1) is 13.9. The van der Waals surface area contributed by atoms with Crippen LogP contribution >= 0.6 is 34.8 Å². The highest BCUT2D eigenvalue weighted by Gasteiger charge is 2.35. The smallest absolute Gasteiger partial charge is 0.410 e. The van der Waals surface area contributed by atoms with E-state index in [0.717, 1.165) is 18.4 Å². The normalized spacial score (nSPS) is 21.3. The number of aliphatic hydroxyl groups is 1. The molecule has 11 heteroatoms. The van der Waals surface area contributed by atoms with E-state index in [1.165, 1.54) is 17.0 Å². The van der Waals surface area contributed by atoms with Gasteiger partial charge in [-0.2, -0.15) is 8.42 Å². The highest BCUT2D eigenvalue weighted by atomic mass is 35.6. The average Bonchev–Trinajstić information content (AvgIpc) is 2.64. The van der Waals surface area contributed by atoms with Gasteiger partial charge in [-0.25, -0.2) is 4.79 Å². The second-order valence-corrected chi connectivity index (χ2v) is 11.6. The summed E-state index contributed by atoms with van der Waals surface area (Å²) < 4.78 is 33.0. The van der Waals surface area contributed by atoms with Crippen LogP contribution in [0.4, 0.5) is 4.79 Å². The molecule has 1 aromatic rings. The molecule has 1 N–H and O–H groups in total. The number of piperidine rings is 1. The molecule has 2 rings (SSSR count). The molecule has 0 unspecified atom stereocenters. The van der Waals surface area contributed by atoms with Crippen LogP contribution in [0.2, 0.25) is 0 Å². The number of hydrogen-bond donors (Lipinski definition) is 1. The molecular weight excluding hydrogens is 477 g/mol. The molecule has 1 saturated heterocycles. The van der Waals surface area contributed by atoms with E-state index in [9.17, 15) is 18.3 Å². The monoisotopic (exact) mass is 501 g/mol. The summed E-state index contributed by atoms with van der Waals surface area (Å²) in [6, 6.07) is 5.74. The molecule has 1 heterocycles. The van der Waals surface area contributed by atoms with Gasteiger partial charge >= 0.3 is 6.09 Å². The number of amides is 1. The summed E-state index contributed by atoms with van der Waals surface area (Å²) in [6.45, 7) is 2.90. The first-order valence-corrected chi connectivity index (χ1v) is 12.1. The van der Waals surface area contributed by atoms with Crippen molar-refractivity contribution < 1.29 is 27.2 Å². The van der Waals surface area contributed by atoms with Crippen LogP contribution in [0.25, 0.3) is 0 Å². The molecule has 0 bridgehead atoms. The van der Waals surface area contributed by atoms with Gasteiger partial charge in [0.15, 0.2) is 0 Å². The molecule has 1 fully saturated rings. The van der Waals surface area contributed by atoms with Crippen LogP contribution in [0.3, 0.4) is 0 Å². The number of hydrogen-bond acceptors (Lipinski definition) is 6. The number of aryl methyl sites for hydroxylation is 1. The number of likely N-dealkylation sites (tertiary alicyclic amines) is 1. The fourth-order valence-corrected chi connectivity index (χ4v) is 4.49. The van der Waals surface area contributed by atoms with Gasteiger partial charge < -0.3 is 14.7 Å². The third kappa shape index (κ3) is 7.73. The second-order valence-electron chi connectivity index (χ2n) is 7.45. The van der Waals surface area contributed by atoms with Gasteiger partial charge in [0.05, 0.1) is 17.6 Å². The molecule has 1 aromatic carbocycles. The average molecular weight is 503 g/mol. The van der Waals surface area contributed by atoms with Crippen LogP contribution in [-0.2, 0) is 19.0 Å². The van der Waals surface area contributed by atoms with Crippen LogP contribution < -0.4 is 0 Å². The minimum atomic E-state index is -3.99. The number of rotatable bonds is 7. The van der Waals surface area contributed by atoms with E-state index < -0.39 is 39.3 Å². The summed E-state index contributed by atoms with van der Waals surface area (Å²) >= 11 is 16.9. The number of aliphatic hydroxyl groups excluding tert-OH is 1. The van der Waals surface area contributed by atoms with E-state index in [1.54, 1.807) is 12.1 Å². The molecule has 1 amide bonds. The fourth-order valence-electron chi connectivity index (χ4n) is 3.39. The quantitative estimate of drug-likeness (QED) is 0.444. The lowest BCUT2D eigenvalue weighted by Gasteiger charge is -2.40. The Morgan fingerprint density at radius 3 is 2.50 bits per heavy atom. The Balaban J connectivity index is 1.96. The first-order valence-electron chi connectivity index (χ1n) is 9.55. The van der Waals surface area contributed by atoms with Gasteiger partial charge in [0, 0.05) is 12.1 Å². The second kappa shape index (κ2) is 10.7. The predicted molar refractivity (Wildman–Crippen MR) is 116 cm³/mol. The van der Waals surface area contributed by atoms with Gasteiger partial charge in [0.25, 0.3) is 10.1 Å². The fraction of sp³-hybridized carbons (Fsp3) is 0.632. The van der Waals surface area contributed by atoms with Crippen molar-refractivity contribution in [2.45, 2.75) is 66.4 Å². The Morgan fingerprint density at radius 2 is 1.90 bits per heavy atom. The summed E-state index contributed by atoms with van der Waals surface area (Å²) in [4.78, 5) is 14.0. The third-order valence-electron chi connectivity index (χ3n) is 4.87. The van der Waals surface area contributed by atoms with E-state index in [2.05, 4.69) is 0 Å². The molecule has 0 saturated carbocycles. The maximum absolute atomic E-state index is 12.5. The molecule has 0 spiro atoms. The van der Waals surface area contributed by atoms with Gasteiger partial charge in [-0.05, 0) is 51.7 Å². The summed E-state index contributed by atoms with van der Waals surface area (Å²) in [5, 5.41) is 10.4. The van der Waals surface area contributed by atoms with Gasteiger partial charge in [-0.15, -0.1) is 0 Å². The van der Waals surface area contributed by atoms with Gasteiger partial charge in [0.1, 0.15) is 6.61 Å². The number of carbonyl (C=O) groups is 1. The number of halogens is 3. The zero-order valence-electron chi connectivity index (χ0n) is 16.8. The van der Waals surface area contributed by atoms with Crippen LogP contribution in [0, 0.1) is 6.92 Å². The Kier molecular flexibility index (Phi) is 9.09. The van der Waals surface area contributed by atoms with Crippen molar-refractivity contribution in [3.63, 3.8) is 0 Å². The third-order valence-corrected chi connectivity index (χ3v) is 6.49. The Morgan fingerprint density at radius 1 is 1.27 bits per heavy atom. The van der Waals surface area contributed by atoms with Crippen molar-refractivity contribution in [2.24, 2.45) is 0 Å². The lowest BCUT2D eigenvalue weighted by Crippen LogP contribution is -2.50. The van der Waals surface area contributed by atoms with E-state index in [-0.39, 0.29) is 23.4 Å². The predicted octanol–water partition coefficient (Wildman–Crippen LogP) is 4.20. The van der Waals surface area contributed by atoms with Crippen molar-refractivity contribution >= 4 is 51.0 Å². The topological polar surface area (TPSA) is 93.1 Å². The van der Waals surface area contributed by atoms with Crippen molar-refractivity contribution in [1.82, 2.24) is 4.90 Å². The molecule has 7 nitrogen and oxygen atoms in total. The number of carbonyl (C=O) groups excluding carboxylic acids is 1. The number of nitrogens with zero attached hydrogens (tertiary/aromatic N) is 1. The molecule has 0 aliphatic carbocycles. The molecule has 3 atom stereocenters. The van der Waals surface area contributed by atoms with Crippen LogP contribution in [0.5, 0.6) is 0 Å². The zero-order valence-corrected chi connectivity index (χ0v) is 19.8. The SMILES string of the molecule is Cc1ccc(S(=O)(=O)OC[C@H](O)C[C@@H]2CCC[C@@H](C)N2C(=O)OCC(Cl)(Cl)Cl)cc1. The lowest BCUT2D eigenvalue weighted by molar-refractivity contribution is 0.0218. The summed E-state index contributed by atoms with van der Waals surface area (Å²) in [7, 11) is -3.99. The number of benzene rings is 1. The molecule has 1 aliphatic rings. The van der Waals surface area contributed by atoms with Gasteiger partial charge in [-0.3, -0.25) is 4.18 Å².